The van der Waals surface area contributed by atoms with Crippen LogP contribution in [0.2, 0.25) is 0 Å². The van der Waals surface area contributed by atoms with E-state index in [-0.39, 0.29) is 17.6 Å². The molecule has 0 radical (unpaired) electrons. The van der Waals surface area contributed by atoms with Crippen molar-refractivity contribution in [2.24, 2.45) is 0 Å². The van der Waals surface area contributed by atoms with Gasteiger partial charge in [-0.15, -0.1) is 11.8 Å². The summed E-state index contributed by atoms with van der Waals surface area (Å²) in [6.07, 6.45) is -1.59. The van der Waals surface area contributed by atoms with Gasteiger partial charge in [-0.3, -0.25) is 4.79 Å². The molecule has 7 heteroatoms. The summed E-state index contributed by atoms with van der Waals surface area (Å²) in [4.78, 5) is 14.9. The van der Waals surface area contributed by atoms with Gasteiger partial charge in [-0.05, 0) is 47.2 Å². The lowest BCUT2D eigenvalue weighted by molar-refractivity contribution is -0.280. The van der Waals surface area contributed by atoms with Crippen molar-refractivity contribution in [3.8, 4) is 0 Å². The first-order valence-corrected chi connectivity index (χ1v) is 18.2. The monoisotopic (exact) mass is 686 g/mol. The van der Waals surface area contributed by atoms with Crippen LogP contribution in [0.4, 0.5) is 0 Å². The maximum Gasteiger partial charge on any atom is 0.191 e. The van der Waals surface area contributed by atoms with Crippen molar-refractivity contribution in [1.29, 1.82) is 0 Å². The van der Waals surface area contributed by atoms with Crippen LogP contribution in [0.25, 0.3) is 0 Å². The van der Waals surface area contributed by atoms with E-state index in [1.54, 1.807) is 11.8 Å². The molecule has 5 aromatic rings. The van der Waals surface area contributed by atoms with Crippen molar-refractivity contribution in [2.75, 3.05) is 6.61 Å². The zero-order valence-corrected chi connectivity index (χ0v) is 28.7. The van der Waals surface area contributed by atoms with Crippen LogP contribution in [0.15, 0.2) is 150 Å². The van der Waals surface area contributed by atoms with Crippen molar-refractivity contribution in [2.45, 2.75) is 73.5 Å². The Balaban J connectivity index is 1.22. The molecule has 0 amide bonds. The Morgan fingerprint density at radius 2 is 1.16 bits per heavy atom. The fraction of sp³-hybridized carbons (Fsp3) is 0.279. The van der Waals surface area contributed by atoms with Crippen molar-refractivity contribution in [3.63, 3.8) is 0 Å². The Morgan fingerprint density at radius 1 is 0.620 bits per heavy atom. The van der Waals surface area contributed by atoms with Crippen molar-refractivity contribution < 1.29 is 28.5 Å². The summed E-state index contributed by atoms with van der Waals surface area (Å²) in [7, 11) is 0. The summed E-state index contributed by atoms with van der Waals surface area (Å²) in [5.74, 6) is -0.0139. The first-order valence-electron chi connectivity index (χ1n) is 17.3. The third-order valence-corrected chi connectivity index (χ3v) is 10.4. The highest BCUT2D eigenvalue weighted by Crippen LogP contribution is 2.40. The average Bonchev–Trinajstić information content (AvgIpc) is 3.17. The molecular weight excluding hydrogens is 645 g/mol. The van der Waals surface area contributed by atoms with E-state index in [0.717, 1.165) is 39.1 Å². The van der Waals surface area contributed by atoms with Gasteiger partial charge in [0.1, 0.15) is 24.4 Å². The minimum Gasteiger partial charge on any atom is -0.374 e. The second-order valence-electron chi connectivity index (χ2n) is 12.6. The number of thioether (sulfide) groups is 1. The molecule has 50 heavy (non-hydrogen) atoms. The smallest absolute Gasteiger partial charge is 0.191 e. The van der Waals surface area contributed by atoms with Crippen LogP contribution in [0, 0.1) is 0 Å². The predicted molar refractivity (Wildman–Crippen MR) is 195 cm³/mol. The Morgan fingerprint density at radius 3 is 1.80 bits per heavy atom. The molecule has 6 atom stereocenters. The molecule has 0 spiro atoms. The van der Waals surface area contributed by atoms with Crippen LogP contribution in [-0.2, 0) is 49.9 Å². The number of ketones is 1. The Kier molecular flexibility index (Phi) is 11.8. The van der Waals surface area contributed by atoms with Crippen molar-refractivity contribution >= 4 is 17.5 Å². The van der Waals surface area contributed by atoms with Crippen LogP contribution >= 0.6 is 11.8 Å². The number of ether oxygens (including phenoxy) is 5. The molecule has 1 saturated heterocycles. The van der Waals surface area contributed by atoms with E-state index in [1.807, 2.05) is 109 Å². The predicted octanol–water partition coefficient (Wildman–Crippen LogP) is 8.47. The van der Waals surface area contributed by atoms with Gasteiger partial charge in [-0.25, -0.2) is 0 Å². The van der Waals surface area contributed by atoms with Gasteiger partial charge < -0.3 is 23.7 Å². The summed E-state index contributed by atoms with van der Waals surface area (Å²) < 4.78 is 33.7. The van der Waals surface area contributed by atoms with Gasteiger partial charge in [0.05, 0.1) is 31.7 Å². The molecule has 0 aromatic heterocycles. The van der Waals surface area contributed by atoms with E-state index in [4.69, 9.17) is 23.7 Å². The number of hydrogen-bond acceptors (Lipinski definition) is 7. The van der Waals surface area contributed by atoms with Crippen LogP contribution in [0.1, 0.15) is 39.0 Å². The fourth-order valence-electron chi connectivity index (χ4n) is 6.56. The van der Waals surface area contributed by atoms with Gasteiger partial charge >= 0.3 is 0 Å². The topological polar surface area (TPSA) is 63.2 Å². The molecule has 6 nitrogen and oxygen atoms in total. The zero-order chi connectivity index (χ0) is 34.0. The maximum absolute atomic E-state index is 13.8. The zero-order valence-electron chi connectivity index (χ0n) is 27.9. The molecule has 7 rings (SSSR count). The molecule has 0 saturated carbocycles. The molecule has 1 fully saturated rings. The second-order valence-corrected chi connectivity index (χ2v) is 13.9. The molecule has 1 unspecified atom stereocenters. The molecule has 0 bridgehead atoms. The summed E-state index contributed by atoms with van der Waals surface area (Å²) in [6, 6.07) is 48.4. The number of aryl methyl sites for hydroxylation is 1. The molecule has 5 aromatic carbocycles. The van der Waals surface area contributed by atoms with Crippen LogP contribution in [-0.4, -0.2) is 48.3 Å². The molecule has 2 aliphatic rings. The van der Waals surface area contributed by atoms with Crippen LogP contribution < -0.4 is 0 Å². The number of carbonyl (C=O) groups is 1. The van der Waals surface area contributed by atoms with Gasteiger partial charge in [-0.1, -0.05) is 133 Å². The number of carbonyl (C=O) groups excluding carboxylic acids is 1. The largest absolute Gasteiger partial charge is 0.374 e. The Labute approximate surface area is 298 Å². The van der Waals surface area contributed by atoms with Gasteiger partial charge in [0.2, 0.25) is 0 Å². The molecule has 256 valence electrons. The number of Topliss-reactive ketones (excluding diaryl/α,β-unsaturated/α-hetero) is 1. The minimum atomic E-state index is -0.776. The van der Waals surface area contributed by atoms with E-state index in [9.17, 15) is 4.79 Å². The Bertz CT molecular complexity index is 1770. The lowest BCUT2D eigenvalue weighted by atomic mass is 9.88. The number of hydrogen-bond donors (Lipinski definition) is 0. The van der Waals surface area contributed by atoms with E-state index in [2.05, 4.69) is 36.4 Å². The highest BCUT2D eigenvalue weighted by Gasteiger charge is 2.50. The van der Waals surface area contributed by atoms with Crippen LogP contribution in [0.3, 0.4) is 0 Å². The number of benzene rings is 5. The molecule has 1 heterocycles. The number of rotatable bonds is 14. The second kappa shape index (κ2) is 17.2. The van der Waals surface area contributed by atoms with Crippen molar-refractivity contribution in [3.05, 3.63) is 173 Å². The van der Waals surface area contributed by atoms with Crippen molar-refractivity contribution in [1.82, 2.24) is 0 Å². The highest BCUT2D eigenvalue weighted by molar-refractivity contribution is 8.00. The quantitative estimate of drug-likeness (QED) is 0.116. The van der Waals surface area contributed by atoms with E-state index in [0.29, 0.717) is 26.2 Å². The molecular formula is C43H42O6S. The third kappa shape index (κ3) is 8.79. The highest BCUT2D eigenvalue weighted by atomic mass is 32.2. The normalized spacial score (nSPS) is 23.3. The molecule has 0 N–H and O–H groups in total. The van der Waals surface area contributed by atoms with Crippen LogP contribution in [0.5, 0.6) is 0 Å². The first-order chi connectivity index (χ1) is 24.7. The first kappa shape index (κ1) is 34.4. The van der Waals surface area contributed by atoms with E-state index < -0.39 is 30.7 Å². The molecule has 1 aliphatic heterocycles. The minimum absolute atomic E-state index is 0.0139. The third-order valence-electron chi connectivity index (χ3n) is 9.12. The van der Waals surface area contributed by atoms with E-state index in [1.165, 1.54) is 0 Å². The summed E-state index contributed by atoms with van der Waals surface area (Å²) in [6.45, 7) is 1.43. The summed E-state index contributed by atoms with van der Waals surface area (Å²) in [5, 5.41) is -0.364. The lowest BCUT2D eigenvalue weighted by Crippen LogP contribution is -2.60. The number of fused-ring (bicyclic) bond motifs is 1. The van der Waals surface area contributed by atoms with E-state index >= 15 is 0 Å². The average molecular weight is 687 g/mol. The summed E-state index contributed by atoms with van der Waals surface area (Å²) in [5.41, 5.74) is 4.95. The molecule has 1 aliphatic carbocycles. The Hall–Kier alpha value is -4.08. The van der Waals surface area contributed by atoms with Gasteiger partial charge in [0.15, 0.2) is 12.1 Å². The maximum atomic E-state index is 13.8. The van der Waals surface area contributed by atoms with Gasteiger partial charge in [0, 0.05) is 10.5 Å². The summed E-state index contributed by atoms with van der Waals surface area (Å²) >= 11 is 1.63. The lowest BCUT2D eigenvalue weighted by Gasteiger charge is -2.46. The fourth-order valence-corrected chi connectivity index (χ4v) is 7.79. The van der Waals surface area contributed by atoms with Gasteiger partial charge in [-0.2, -0.15) is 0 Å². The SMILES string of the molecule is O=C1c2ccccc2CCC1O[C@@H]1O[C@H](COCc2ccccc2)[C@@H](OCc2ccccc2)[C@@H](OCc2ccccc2)[C@H]1Sc1ccccc1. The van der Waals surface area contributed by atoms with Gasteiger partial charge in [0.25, 0.3) is 0 Å². The standard InChI is InChI=1S/C43H42O6S/c44-39-36-24-14-13-21-34(36)25-26-37(39)48-43-42(50-35-22-11-4-12-23-35)41(47-29-33-19-9-3-10-20-33)40(46-28-32-17-7-2-8-18-32)38(49-43)30-45-27-31-15-5-1-6-16-31/h1-24,37-38,40-43H,25-30H2/t37?,38-,40-,41-,42-,43-/m1/s1.